The smallest absolute Gasteiger partial charge is 0.242 e. The van der Waals surface area contributed by atoms with Crippen molar-refractivity contribution in [2.45, 2.75) is 17.5 Å². The SMILES string of the molecule is O=S(=O)(NC1CC(c2ccccc2)=NN1)c1ccc(Cl)cc1. The van der Waals surface area contributed by atoms with Gasteiger partial charge in [-0.25, -0.2) is 8.42 Å². The fourth-order valence-corrected chi connectivity index (χ4v) is 3.46. The Morgan fingerprint density at radius 1 is 1.09 bits per heavy atom. The van der Waals surface area contributed by atoms with Crippen LogP contribution in [0.3, 0.4) is 0 Å². The molecule has 114 valence electrons. The lowest BCUT2D eigenvalue weighted by Gasteiger charge is -2.13. The summed E-state index contributed by atoms with van der Waals surface area (Å²) < 4.78 is 27.2. The molecule has 0 amide bonds. The number of hydrazone groups is 1. The summed E-state index contributed by atoms with van der Waals surface area (Å²) in [5.74, 6) is 0. The Morgan fingerprint density at radius 2 is 1.77 bits per heavy atom. The predicted octanol–water partition coefficient (Wildman–Crippen LogP) is 2.34. The van der Waals surface area contributed by atoms with E-state index in [2.05, 4.69) is 15.2 Å². The van der Waals surface area contributed by atoms with Crippen LogP contribution in [0.25, 0.3) is 0 Å². The average molecular weight is 336 g/mol. The molecule has 5 nitrogen and oxygen atoms in total. The van der Waals surface area contributed by atoms with E-state index in [1.807, 2.05) is 30.3 Å². The van der Waals surface area contributed by atoms with Crippen LogP contribution in [0.4, 0.5) is 0 Å². The van der Waals surface area contributed by atoms with E-state index in [1.165, 1.54) is 12.1 Å². The largest absolute Gasteiger partial charge is 0.291 e. The van der Waals surface area contributed by atoms with Crippen molar-refractivity contribution in [2.24, 2.45) is 5.10 Å². The number of sulfonamides is 1. The third-order valence-corrected chi connectivity index (χ3v) is 5.02. The standard InChI is InChI=1S/C15H14ClN3O2S/c16-12-6-8-13(9-7-12)22(20,21)19-15-10-14(17-18-15)11-4-2-1-3-5-11/h1-9,15,18-19H,10H2. The summed E-state index contributed by atoms with van der Waals surface area (Å²) in [5, 5.41) is 4.69. The summed E-state index contributed by atoms with van der Waals surface area (Å²) in [4.78, 5) is 0.173. The van der Waals surface area contributed by atoms with Crippen LogP contribution in [0.5, 0.6) is 0 Å². The molecular weight excluding hydrogens is 322 g/mol. The minimum absolute atomic E-state index is 0.173. The minimum Gasteiger partial charge on any atom is -0.291 e. The second-order valence-corrected chi connectivity index (χ2v) is 7.04. The zero-order valence-electron chi connectivity index (χ0n) is 11.5. The Hall–Kier alpha value is -1.89. The second kappa shape index (κ2) is 6.08. The molecule has 0 fully saturated rings. The van der Waals surface area contributed by atoms with Gasteiger partial charge in [-0.2, -0.15) is 9.82 Å². The Balaban J connectivity index is 1.69. The molecule has 3 rings (SSSR count). The van der Waals surface area contributed by atoms with E-state index in [0.717, 1.165) is 11.3 Å². The van der Waals surface area contributed by atoms with Gasteiger partial charge in [-0.3, -0.25) is 5.43 Å². The van der Waals surface area contributed by atoms with Crippen LogP contribution in [-0.2, 0) is 10.0 Å². The van der Waals surface area contributed by atoms with Gasteiger partial charge in [-0.05, 0) is 29.8 Å². The second-order valence-electron chi connectivity index (χ2n) is 4.89. The third-order valence-electron chi connectivity index (χ3n) is 3.28. The lowest BCUT2D eigenvalue weighted by atomic mass is 10.1. The highest BCUT2D eigenvalue weighted by Gasteiger charge is 2.25. The summed E-state index contributed by atoms with van der Waals surface area (Å²) in [7, 11) is -3.61. The molecule has 0 aromatic heterocycles. The van der Waals surface area contributed by atoms with Crippen molar-refractivity contribution < 1.29 is 8.42 Å². The molecule has 0 bridgehead atoms. The highest BCUT2D eigenvalue weighted by Crippen LogP contribution is 2.16. The lowest BCUT2D eigenvalue weighted by Crippen LogP contribution is -2.40. The van der Waals surface area contributed by atoms with Gasteiger partial charge in [0.15, 0.2) is 0 Å². The number of nitrogens with zero attached hydrogens (tertiary/aromatic N) is 1. The van der Waals surface area contributed by atoms with Crippen molar-refractivity contribution in [1.29, 1.82) is 0 Å². The van der Waals surface area contributed by atoms with E-state index in [9.17, 15) is 8.42 Å². The van der Waals surface area contributed by atoms with Crippen molar-refractivity contribution in [2.75, 3.05) is 0 Å². The Kier molecular flexibility index (Phi) is 4.15. The fourth-order valence-electron chi connectivity index (χ4n) is 2.19. The van der Waals surface area contributed by atoms with Crippen molar-refractivity contribution in [1.82, 2.24) is 10.1 Å². The maximum atomic E-state index is 12.3. The molecule has 0 spiro atoms. The van der Waals surface area contributed by atoms with Crippen LogP contribution >= 0.6 is 11.6 Å². The van der Waals surface area contributed by atoms with Crippen molar-refractivity contribution in [3.05, 3.63) is 65.2 Å². The number of halogens is 1. The molecule has 2 aromatic rings. The molecule has 7 heteroatoms. The van der Waals surface area contributed by atoms with Gasteiger partial charge in [0, 0.05) is 11.4 Å². The molecule has 0 saturated carbocycles. The summed E-state index contributed by atoms with van der Waals surface area (Å²) in [5.41, 5.74) is 4.61. The predicted molar refractivity (Wildman–Crippen MR) is 86.3 cm³/mol. The number of nitrogens with one attached hydrogen (secondary N) is 2. The summed E-state index contributed by atoms with van der Waals surface area (Å²) in [6, 6.07) is 15.7. The van der Waals surface area contributed by atoms with Gasteiger partial charge in [0.2, 0.25) is 10.0 Å². The van der Waals surface area contributed by atoms with Crippen LogP contribution in [0, 0.1) is 0 Å². The number of rotatable bonds is 4. The van der Waals surface area contributed by atoms with Gasteiger partial charge in [-0.1, -0.05) is 41.9 Å². The van der Waals surface area contributed by atoms with Gasteiger partial charge in [0.25, 0.3) is 0 Å². The van der Waals surface area contributed by atoms with Crippen LogP contribution < -0.4 is 10.1 Å². The van der Waals surface area contributed by atoms with Crippen LogP contribution in [0.2, 0.25) is 5.02 Å². The van der Waals surface area contributed by atoms with E-state index in [-0.39, 0.29) is 4.90 Å². The number of benzene rings is 2. The highest BCUT2D eigenvalue weighted by atomic mass is 35.5. The van der Waals surface area contributed by atoms with E-state index in [0.29, 0.717) is 11.4 Å². The molecule has 1 atom stereocenters. The van der Waals surface area contributed by atoms with Gasteiger partial charge < -0.3 is 0 Å². The van der Waals surface area contributed by atoms with Crippen molar-refractivity contribution >= 4 is 27.3 Å². The first-order valence-corrected chi connectivity index (χ1v) is 8.56. The molecule has 2 aromatic carbocycles. The van der Waals surface area contributed by atoms with Crippen molar-refractivity contribution in [3.63, 3.8) is 0 Å². The zero-order valence-corrected chi connectivity index (χ0v) is 13.1. The average Bonchev–Trinajstić information content (AvgIpc) is 2.96. The molecular formula is C15H14ClN3O2S. The topological polar surface area (TPSA) is 70.6 Å². The van der Waals surface area contributed by atoms with E-state index in [4.69, 9.17) is 11.6 Å². The number of hydrogen-bond donors (Lipinski definition) is 2. The summed E-state index contributed by atoms with van der Waals surface area (Å²) >= 11 is 5.77. The minimum atomic E-state index is -3.61. The maximum absolute atomic E-state index is 12.3. The molecule has 0 radical (unpaired) electrons. The normalized spacial score (nSPS) is 17.9. The third kappa shape index (κ3) is 3.30. The van der Waals surface area contributed by atoms with Gasteiger partial charge in [0.05, 0.1) is 10.6 Å². The van der Waals surface area contributed by atoms with E-state index >= 15 is 0 Å². The van der Waals surface area contributed by atoms with Crippen LogP contribution in [-0.4, -0.2) is 20.3 Å². The molecule has 22 heavy (non-hydrogen) atoms. The quantitative estimate of drug-likeness (QED) is 0.901. The van der Waals surface area contributed by atoms with Gasteiger partial charge >= 0.3 is 0 Å². The Morgan fingerprint density at radius 3 is 2.45 bits per heavy atom. The van der Waals surface area contributed by atoms with Gasteiger partial charge in [0.1, 0.15) is 6.17 Å². The van der Waals surface area contributed by atoms with Crippen LogP contribution in [0.1, 0.15) is 12.0 Å². The molecule has 2 N–H and O–H groups in total. The monoisotopic (exact) mass is 335 g/mol. The molecule has 1 heterocycles. The first-order chi connectivity index (χ1) is 10.5. The molecule has 0 saturated heterocycles. The van der Waals surface area contributed by atoms with E-state index in [1.54, 1.807) is 12.1 Å². The summed E-state index contributed by atoms with van der Waals surface area (Å²) in [6.07, 6.45) is 0.0208. The van der Waals surface area contributed by atoms with Crippen LogP contribution in [0.15, 0.2) is 64.6 Å². The first kappa shape index (κ1) is 15.0. The highest BCUT2D eigenvalue weighted by molar-refractivity contribution is 7.89. The molecule has 0 aliphatic carbocycles. The lowest BCUT2D eigenvalue weighted by molar-refractivity contribution is 0.521. The molecule has 1 unspecified atom stereocenters. The van der Waals surface area contributed by atoms with Gasteiger partial charge in [-0.15, -0.1) is 0 Å². The molecule has 1 aliphatic heterocycles. The molecule has 1 aliphatic rings. The Labute approximate surface area is 134 Å². The van der Waals surface area contributed by atoms with E-state index < -0.39 is 16.2 Å². The first-order valence-electron chi connectivity index (χ1n) is 6.70. The van der Waals surface area contributed by atoms with Crippen molar-refractivity contribution in [3.8, 4) is 0 Å². The summed E-state index contributed by atoms with van der Waals surface area (Å²) in [6.45, 7) is 0. The fraction of sp³-hybridized carbons (Fsp3) is 0.133. The zero-order chi connectivity index (χ0) is 15.6. The number of hydrogen-bond acceptors (Lipinski definition) is 4. The maximum Gasteiger partial charge on any atom is 0.242 e. The Bertz CT molecular complexity index is 789.